The second-order valence-electron chi connectivity index (χ2n) is 21.3. The number of carbonyl (C=O) groups excluding carboxylic acids is 3. The molecule has 3 aliphatic heterocycles. The third-order valence-electron chi connectivity index (χ3n) is 17.0. The van der Waals surface area contributed by atoms with Crippen molar-refractivity contribution in [1.29, 1.82) is 0 Å². The van der Waals surface area contributed by atoms with Crippen LogP contribution in [0.15, 0.2) is 150 Å². The van der Waals surface area contributed by atoms with Crippen molar-refractivity contribution in [1.82, 2.24) is 9.54 Å². The predicted octanol–water partition coefficient (Wildman–Crippen LogP) is 14.4. The molecule has 7 nitrogen and oxygen atoms in total. The second-order valence-corrected chi connectivity index (χ2v) is 21.3. The van der Waals surface area contributed by atoms with E-state index in [9.17, 15) is 14.4 Å². The van der Waals surface area contributed by atoms with Gasteiger partial charge in [0.25, 0.3) is 11.8 Å². The topological polar surface area (TPSA) is 71.6 Å². The highest BCUT2D eigenvalue weighted by atomic mass is 16.7. The molecule has 0 unspecified atom stereocenters. The molecule has 10 aromatic rings. The summed E-state index contributed by atoms with van der Waals surface area (Å²) in [6.07, 6.45) is 1.47. The highest BCUT2D eigenvalue weighted by molar-refractivity contribution is 6.87. The maximum absolute atomic E-state index is 12.4. The fraction of sp³-hybridized carbons (Fsp3) is 0.200. The van der Waals surface area contributed by atoms with Gasteiger partial charge in [0, 0.05) is 66.1 Å². The molecule has 13 rings (SSSR count). The van der Waals surface area contributed by atoms with Crippen LogP contribution in [0.1, 0.15) is 117 Å². The maximum atomic E-state index is 12.4. The number of imide groups is 1. The first kappa shape index (κ1) is 48.5. The Bertz CT molecular complexity index is 4360. The molecule has 8 heteroatoms. The first-order valence-electron chi connectivity index (χ1n) is 27.5. The zero-order chi connectivity index (χ0) is 53.6. The van der Waals surface area contributed by atoms with Gasteiger partial charge >= 0.3 is 12.4 Å². The zero-order valence-electron chi connectivity index (χ0n) is 44.9. The van der Waals surface area contributed by atoms with Crippen LogP contribution in [0.25, 0.3) is 70.2 Å². The molecule has 0 aliphatic carbocycles. The van der Waals surface area contributed by atoms with Gasteiger partial charge in [-0.3, -0.25) is 9.59 Å². The monoisotopic (exact) mass is 1010 g/mol. The van der Waals surface area contributed by atoms with Crippen molar-refractivity contribution >= 4 is 100 Å². The van der Waals surface area contributed by atoms with E-state index in [1.165, 1.54) is 87.5 Å². The molecule has 0 radical (unpaired) electrons. The van der Waals surface area contributed by atoms with Crippen LogP contribution in [-0.4, -0.2) is 43.9 Å². The van der Waals surface area contributed by atoms with Crippen LogP contribution in [-0.2, 0) is 25.6 Å². The Morgan fingerprint density at radius 2 is 1.14 bits per heavy atom. The largest absolute Gasteiger partial charge is 0.520 e. The number of unbranched alkanes of at least 4 members (excludes halogenated alkanes) is 2. The van der Waals surface area contributed by atoms with Crippen LogP contribution in [0.4, 0.5) is 0 Å². The van der Waals surface area contributed by atoms with Crippen molar-refractivity contribution < 1.29 is 23.7 Å². The number of fused-ring (bicyclic) bond motifs is 2. The maximum Gasteiger partial charge on any atom is 0.520 e. The molecule has 0 spiro atoms. The number of amides is 2. The summed E-state index contributed by atoms with van der Waals surface area (Å²) < 4.78 is 5.08. The number of hydrogen-bond donors (Lipinski definition) is 0. The molecule has 3 aliphatic rings. The fourth-order valence-corrected chi connectivity index (χ4v) is 13.4. The molecule has 4 heterocycles. The first-order chi connectivity index (χ1) is 38.0. The van der Waals surface area contributed by atoms with Crippen molar-refractivity contribution in [3.05, 3.63) is 195 Å². The smallest absolute Gasteiger partial charge is 0.435 e. The summed E-state index contributed by atoms with van der Waals surface area (Å²) in [6.45, 7) is 13.6. The second kappa shape index (κ2) is 18.8. The zero-order valence-corrected chi connectivity index (χ0v) is 44.9. The molecule has 1 fully saturated rings. The summed E-state index contributed by atoms with van der Waals surface area (Å²) in [5.41, 5.74) is 14.8. The Labute approximate surface area is 454 Å². The Balaban J connectivity index is 0.974. The van der Waals surface area contributed by atoms with Gasteiger partial charge in [-0.05, 0) is 158 Å². The molecular formula is C70H56BN3O4. The summed E-state index contributed by atoms with van der Waals surface area (Å²) in [7, 11) is 0. The number of allylic oxidation sites excluding steroid dienone is 2. The van der Waals surface area contributed by atoms with E-state index in [-0.39, 0.29) is 19.3 Å². The van der Waals surface area contributed by atoms with E-state index >= 15 is 0 Å². The summed E-state index contributed by atoms with van der Waals surface area (Å²) in [4.78, 5) is 41.2. The van der Waals surface area contributed by atoms with Crippen LogP contribution in [0.5, 0.6) is 0 Å². The highest BCUT2D eigenvalue weighted by Gasteiger charge is 2.52. The Hall–Kier alpha value is -9.16. The lowest BCUT2D eigenvalue weighted by Crippen LogP contribution is -2.57. The summed E-state index contributed by atoms with van der Waals surface area (Å²) >= 11 is 0. The third-order valence-corrected chi connectivity index (χ3v) is 17.0. The quantitative estimate of drug-likeness (QED) is 0.0500. The number of nitrogens with zero attached hydrogens (tertiary/aromatic N) is 3. The van der Waals surface area contributed by atoms with Crippen LogP contribution in [0.3, 0.4) is 0 Å². The molecule has 2 amide bonds. The van der Waals surface area contributed by atoms with Crippen molar-refractivity contribution in [2.24, 2.45) is 0 Å². The SMILES string of the molecule is CCC1=C(C)C2=C(c3ccc(C#CCCCCC(=O)ON4C(=O)CCC4=O)cc3)c3c(C)c(CC)c(C)n3[B-](C#Cc3ccc4ccc5cccc6ccc3c4c56)(C#Cc3ccc4ccc5cccc6ccc3c4c56)[N+]2=C1C. The van der Waals surface area contributed by atoms with Gasteiger partial charge in [0.15, 0.2) is 5.70 Å². The van der Waals surface area contributed by atoms with E-state index in [1.54, 1.807) is 0 Å². The van der Waals surface area contributed by atoms with Gasteiger partial charge in [-0.1, -0.05) is 135 Å². The number of hydrogen-bond acceptors (Lipinski definition) is 4. The lowest BCUT2D eigenvalue weighted by Gasteiger charge is -2.39. The number of hydroxylamine groups is 2. The average Bonchev–Trinajstić information content (AvgIpc) is 3.21. The molecule has 9 aromatic carbocycles. The van der Waals surface area contributed by atoms with Crippen molar-refractivity contribution in [2.75, 3.05) is 0 Å². The van der Waals surface area contributed by atoms with E-state index in [4.69, 9.17) is 4.84 Å². The molecule has 0 N–H and O–H groups in total. The lowest BCUT2D eigenvalue weighted by molar-refractivity contribution is -0.330. The van der Waals surface area contributed by atoms with Crippen LogP contribution in [0, 0.1) is 49.2 Å². The highest BCUT2D eigenvalue weighted by Crippen LogP contribution is 2.47. The minimum Gasteiger partial charge on any atom is -0.435 e. The van der Waals surface area contributed by atoms with Gasteiger partial charge in [-0.2, -0.15) is 11.6 Å². The Kier molecular flexibility index (Phi) is 11.7. The average molecular weight is 1010 g/mol. The lowest BCUT2D eigenvalue weighted by atomic mass is 9.44. The minimum absolute atomic E-state index is 0.0725. The molecular weight excluding hydrogens is 958 g/mol. The number of aromatic nitrogens is 1. The van der Waals surface area contributed by atoms with Crippen LogP contribution >= 0.6 is 0 Å². The molecule has 0 bridgehead atoms. The van der Waals surface area contributed by atoms with E-state index in [2.05, 4.69) is 219 Å². The van der Waals surface area contributed by atoms with Crippen LogP contribution < -0.4 is 0 Å². The Morgan fingerprint density at radius 3 is 1.68 bits per heavy atom. The fourth-order valence-electron chi connectivity index (χ4n) is 13.4. The standard InChI is InChI=1S/C70H56BN3O4/c1-7-57-43(3)69-68(56-23-21-47(22-24-56)15-11-9-10-12-20-63(77)78-74-61(75)37-38-62(74)76)70-44(4)58(8-2)46(6)73(70)71(72(69)45(57)5,41-39-48-25-27-54-31-29-50-16-13-18-52-33-35-59(48)66(54)64(50)52)42-40-49-26-28-55-32-30-51-17-14-19-53-34-36-60(49)67(55)65(51)53/h13-14,16-19,21-36H,7-10,12,20,37-38H2,1-6H3. The molecule has 0 atom stereocenters. The number of benzene rings is 9. The van der Waals surface area contributed by atoms with Crippen molar-refractivity contribution in [3.8, 4) is 35.3 Å². The van der Waals surface area contributed by atoms with Crippen molar-refractivity contribution in [3.63, 3.8) is 0 Å². The number of carbonyl (C=O) groups is 3. The van der Waals surface area contributed by atoms with Gasteiger partial charge in [-0.25, -0.2) is 4.79 Å². The van der Waals surface area contributed by atoms with E-state index < -0.39 is 24.2 Å². The summed E-state index contributed by atoms with van der Waals surface area (Å²) in [5.74, 6) is 21.3. The van der Waals surface area contributed by atoms with Gasteiger partial charge in [-0.15, -0.1) is 16.9 Å². The first-order valence-corrected chi connectivity index (χ1v) is 27.5. The third kappa shape index (κ3) is 7.48. The molecule has 378 valence electrons. The van der Waals surface area contributed by atoms with Crippen molar-refractivity contribution in [2.45, 2.75) is 92.9 Å². The molecule has 1 saturated heterocycles. The van der Waals surface area contributed by atoms with Gasteiger partial charge in [0.05, 0.1) is 5.57 Å². The number of rotatable bonds is 8. The predicted molar refractivity (Wildman–Crippen MR) is 317 cm³/mol. The van der Waals surface area contributed by atoms with Gasteiger partial charge in [0.1, 0.15) is 5.71 Å². The minimum atomic E-state index is -2.28. The van der Waals surface area contributed by atoms with E-state index in [0.29, 0.717) is 24.3 Å². The molecule has 0 saturated carbocycles. The van der Waals surface area contributed by atoms with Gasteiger partial charge < -0.3 is 13.8 Å². The molecule has 1 aromatic heterocycles. The normalized spacial score (nSPS) is 15.0. The van der Waals surface area contributed by atoms with Crippen LogP contribution in [0.2, 0.25) is 0 Å². The van der Waals surface area contributed by atoms with E-state index in [1.807, 2.05) is 0 Å². The molecule has 78 heavy (non-hydrogen) atoms. The van der Waals surface area contributed by atoms with Gasteiger partial charge in [0.2, 0.25) is 0 Å². The summed E-state index contributed by atoms with van der Waals surface area (Å²) in [5, 5.41) is 15.2. The Morgan fingerprint density at radius 1 is 0.615 bits per heavy atom. The van der Waals surface area contributed by atoms with E-state index in [0.717, 1.165) is 62.8 Å². The summed E-state index contributed by atoms with van der Waals surface area (Å²) in [6, 6.07) is 48.5.